The van der Waals surface area contributed by atoms with Gasteiger partial charge in [0.05, 0.1) is 159 Å². The number of carboxylic acids is 1. The Hall–Kier alpha value is -1.05. The first-order valence-corrected chi connectivity index (χ1v) is 20.5. The maximum Gasteiger partial charge on any atom is 0.329 e. The molecule has 54 heavy (non-hydrogen) atoms. The average molecular weight is 787 g/mol. The Morgan fingerprint density at radius 1 is 0.278 bits per heavy atom. The number of ether oxygens (including phenoxy) is 13. The van der Waals surface area contributed by atoms with Crippen molar-refractivity contribution < 1.29 is 71.5 Å². The standard InChI is InChI=1S/C39H78O15/c1-2-3-4-5-6-7-8-9-10-11-12-13-42-14-15-43-16-17-44-18-19-45-20-21-46-22-23-47-24-25-48-26-27-49-28-29-50-30-31-51-32-33-52-34-35-53-36-37-54-38-39(40)41/h2-38H2,1H3,(H,40,41). The van der Waals surface area contributed by atoms with Crippen molar-refractivity contribution in [3.8, 4) is 0 Å². The second kappa shape index (κ2) is 50.0. The smallest absolute Gasteiger partial charge is 0.329 e. The maximum absolute atomic E-state index is 10.3. The molecule has 0 aliphatic heterocycles. The van der Waals surface area contributed by atoms with Crippen LogP contribution in [0.4, 0.5) is 0 Å². The summed E-state index contributed by atoms with van der Waals surface area (Å²) in [6.07, 6.45) is 14.8. The molecule has 0 aromatic carbocycles. The van der Waals surface area contributed by atoms with Crippen molar-refractivity contribution in [1.82, 2.24) is 0 Å². The number of aliphatic carboxylic acids is 1. The normalized spacial score (nSPS) is 11.6. The minimum absolute atomic E-state index is 0.242. The summed E-state index contributed by atoms with van der Waals surface area (Å²) in [5.41, 5.74) is 0. The van der Waals surface area contributed by atoms with Crippen LogP contribution in [0.2, 0.25) is 0 Å². The molecule has 0 unspecified atom stereocenters. The van der Waals surface area contributed by atoms with Crippen LogP contribution in [0.1, 0.15) is 77.6 Å². The lowest BCUT2D eigenvalue weighted by Gasteiger charge is -2.09. The van der Waals surface area contributed by atoms with Crippen molar-refractivity contribution in [3.63, 3.8) is 0 Å². The van der Waals surface area contributed by atoms with E-state index < -0.39 is 5.97 Å². The molecule has 0 aromatic heterocycles. The summed E-state index contributed by atoms with van der Waals surface area (Å²) in [6, 6.07) is 0. The maximum atomic E-state index is 10.3. The van der Waals surface area contributed by atoms with Gasteiger partial charge >= 0.3 is 5.97 Å². The summed E-state index contributed by atoms with van der Waals surface area (Å²) in [4.78, 5) is 10.3. The van der Waals surface area contributed by atoms with Crippen LogP contribution in [0.15, 0.2) is 0 Å². The molecule has 0 atom stereocenters. The molecule has 0 bridgehead atoms. The molecular formula is C39H78O15. The Morgan fingerprint density at radius 3 is 0.685 bits per heavy atom. The minimum Gasteiger partial charge on any atom is -0.480 e. The van der Waals surface area contributed by atoms with Gasteiger partial charge in [-0.3, -0.25) is 0 Å². The summed E-state index contributed by atoms with van der Waals surface area (Å²) >= 11 is 0. The SMILES string of the molecule is CCCCCCCCCCCCCOCCOCCOCCOCCOCCOCCOCCOCCOCCOCCOCCOCCOCC(=O)O. The summed E-state index contributed by atoms with van der Waals surface area (Å²) in [5.74, 6) is -0.995. The van der Waals surface area contributed by atoms with Crippen LogP contribution in [0.25, 0.3) is 0 Å². The van der Waals surface area contributed by atoms with Crippen LogP contribution < -0.4 is 0 Å². The van der Waals surface area contributed by atoms with Crippen LogP contribution in [-0.2, 0) is 66.4 Å². The first-order chi connectivity index (χ1) is 26.8. The summed E-state index contributed by atoms with van der Waals surface area (Å²) in [5, 5.41) is 8.44. The number of carboxylic acid groups (broad SMARTS) is 1. The molecule has 0 spiro atoms. The first kappa shape index (κ1) is 53.0. The second-order valence-corrected chi connectivity index (χ2v) is 12.3. The van der Waals surface area contributed by atoms with Crippen molar-refractivity contribution in [3.05, 3.63) is 0 Å². The molecule has 0 heterocycles. The summed E-state index contributed by atoms with van der Waals surface area (Å²) < 4.78 is 70.6. The van der Waals surface area contributed by atoms with Crippen molar-refractivity contribution >= 4 is 5.97 Å². The molecule has 0 fully saturated rings. The molecule has 0 saturated heterocycles. The Balaban J connectivity index is 3.05. The molecular weight excluding hydrogens is 708 g/mol. The highest BCUT2D eigenvalue weighted by Crippen LogP contribution is 2.11. The first-order valence-electron chi connectivity index (χ1n) is 20.5. The summed E-state index contributed by atoms with van der Waals surface area (Å²) in [6.45, 7) is 14.5. The number of hydrogen-bond acceptors (Lipinski definition) is 14. The molecule has 0 radical (unpaired) electrons. The van der Waals surface area contributed by atoms with Gasteiger partial charge in [0.25, 0.3) is 0 Å². The lowest BCUT2D eigenvalue weighted by Crippen LogP contribution is -2.15. The van der Waals surface area contributed by atoms with Crippen molar-refractivity contribution in [2.45, 2.75) is 77.6 Å². The fraction of sp³-hybridized carbons (Fsp3) is 0.974. The van der Waals surface area contributed by atoms with E-state index in [4.69, 9.17) is 66.7 Å². The Bertz CT molecular complexity index is 692. The van der Waals surface area contributed by atoms with E-state index in [0.29, 0.717) is 152 Å². The van der Waals surface area contributed by atoms with Crippen LogP contribution in [-0.4, -0.2) is 183 Å². The molecule has 0 aliphatic carbocycles. The van der Waals surface area contributed by atoms with Gasteiger partial charge in [-0.05, 0) is 6.42 Å². The molecule has 0 saturated carbocycles. The van der Waals surface area contributed by atoms with E-state index in [1.807, 2.05) is 0 Å². The molecule has 0 aromatic rings. The van der Waals surface area contributed by atoms with E-state index in [9.17, 15) is 4.79 Å². The zero-order chi connectivity index (χ0) is 38.9. The van der Waals surface area contributed by atoms with Gasteiger partial charge in [-0.15, -0.1) is 0 Å². The van der Waals surface area contributed by atoms with Crippen molar-refractivity contribution in [2.75, 3.05) is 172 Å². The largest absolute Gasteiger partial charge is 0.480 e. The molecule has 15 heteroatoms. The Labute approximate surface area is 326 Å². The average Bonchev–Trinajstić information content (AvgIpc) is 3.17. The van der Waals surface area contributed by atoms with Crippen molar-refractivity contribution in [2.24, 2.45) is 0 Å². The number of carbonyl (C=O) groups is 1. The molecule has 0 rings (SSSR count). The fourth-order valence-electron chi connectivity index (χ4n) is 4.67. The zero-order valence-electron chi connectivity index (χ0n) is 33.8. The van der Waals surface area contributed by atoms with Gasteiger partial charge in [-0.1, -0.05) is 71.1 Å². The van der Waals surface area contributed by atoms with E-state index >= 15 is 0 Å². The van der Waals surface area contributed by atoms with Crippen LogP contribution in [0.5, 0.6) is 0 Å². The third kappa shape index (κ3) is 51.0. The third-order valence-electron chi connectivity index (χ3n) is 7.58. The van der Waals surface area contributed by atoms with Crippen molar-refractivity contribution in [1.29, 1.82) is 0 Å². The molecule has 1 N–H and O–H groups in total. The summed E-state index contributed by atoms with van der Waals surface area (Å²) in [7, 11) is 0. The Kier molecular flexibility index (Phi) is 49.0. The lowest BCUT2D eigenvalue weighted by molar-refractivity contribution is -0.142. The van der Waals surface area contributed by atoms with Gasteiger partial charge in [0, 0.05) is 6.61 Å². The second-order valence-electron chi connectivity index (χ2n) is 12.3. The van der Waals surface area contributed by atoms with Gasteiger partial charge in [0.15, 0.2) is 0 Å². The minimum atomic E-state index is -0.995. The topological polar surface area (TPSA) is 157 Å². The van der Waals surface area contributed by atoms with Gasteiger partial charge in [-0.25, -0.2) is 4.79 Å². The van der Waals surface area contributed by atoms with E-state index in [2.05, 4.69) is 6.92 Å². The number of hydrogen-bond donors (Lipinski definition) is 1. The van der Waals surface area contributed by atoms with Crippen LogP contribution in [0.3, 0.4) is 0 Å². The van der Waals surface area contributed by atoms with Gasteiger partial charge in [0.2, 0.25) is 0 Å². The number of unbranched alkanes of at least 4 members (excludes halogenated alkanes) is 10. The van der Waals surface area contributed by atoms with Gasteiger partial charge < -0.3 is 66.7 Å². The lowest BCUT2D eigenvalue weighted by atomic mass is 10.1. The van der Waals surface area contributed by atoms with E-state index in [1.54, 1.807) is 0 Å². The predicted molar refractivity (Wildman–Crippen MR) is 205 cm³/mol. The third-order valence-corrected chi connectivity index (χ3v) is 7.58. The number of rotatable bonds is 50. The highest BCUT2D eigenvalue weighted by atomic mass is 16.6. The van der Waals surface area contributed by atoms with E-state index in [1.165, 1.54) is 64.2 Å². The quantitative estimate of drug-likeness (QED) is 0.0853. The van der Waals surface area contributed by atoms with Gasteiger partial charge in [0.1, 0.15) is 6.61 Å². The molecule has 15 nitrogen and oxygen atoms in total. The van der Waals surface area contributed by atoms with E-state index in [0.717, 1.165) is 13.0 Å². The molecule has 0 amide bonds. The Morgan fingerprint density at radius 2 is 0.463 bits per heavy atom. The van der Waals surface area contributed by atoms with E-state index in [-0.39, 0.29) is 13.2 Å². The highest BCUT2D eigenvalue weighted by Gasteiger charge is 1.99. The van der Waals surface area contributed by atoms with Gasteiger partial charge in [-0.2, -0.15) is 0 Å². The predicted octanol–water partition coefficient (Wildman–Crippen LogP) is 4.60. The molecule has 0 aliphatic rings. The zero-order valence-corrected chi connectivity index (χ0v) is 33.8. The van der Waals surface area contributed by atoms with Crippen LogP contribution >= 0.6 is 0 Å². The van der Waals surface area contributed by atoms with Crippen LogP contribution in [0, 0.1) is 0 Å². The highest BCUT2D eigenvalue weighted by molar-refractivity contribution is 5.67. The monoisotopic (exact) mass is 787 g/mol. The molecule has 324 valence electrons. The fourth-order valence-corrected chi connectivity index (χ4v) is 4.67.